The van der Waals surface area contributed by atoms with E-state index in [0.29, 0.717) is 11.7 Å². The molecule has 0 bridgehead atoms. The summed E-state index contributed by atoms with van der Waals surface area (Å²) >= 11 is 0. The van der Waals surface area contributed by atoms with Gasteiger partial charge in [-0.25, -0.2) is 18.1 Å². The predicted molar refractivity (Wildman–Crippen MR) is 65.8 cm³/mol. The molecule has 1 heterocycles. The molecule has 2 rings (SSSR count). The van der Waals surface area contributed by atoms with Crippen LogP contribution in [0.4, 0.5) is 0 Å². The molecule has 1 aliphatic carbocycles. The lowest BCUT2D eigenvalue weighted by atomic mass is 9.91. The van der Waals surface area contributed by atoms with E-state index < -0.39 is 10.0 Å². The molecule has 0 unspecified atom stereocenters. The van der Waals surface area contributed by atoms with Gasteiger partial charge < -0.3 is 4.98 Å². The van der Waals surface area contributed by atoms with Gasteiger partial charge in [-0.05, 0) is 18.8 Å². The number of aromatic amines is 1. The maximum atomic E-state index is 11.8. The van der Waals surface area contributed by atoms with Crippen molar-refractivity contribution in [2.75, 3.05) is 5.75 Å². The number of rotatable bonds is 5. The van der Waals surface area contributed by atoms with Gasteiger partial charge in [-0.3, -0.25) is 0 Å². The van der Waals surface area contributed by atoms with Gasteiger partial charge in [0.25, 0.3) is 0 Å². The number of sulfonamides is 1. The zero-order valence-corrected chi connectivity index (χ0v) is 10.7. The first-order valence-corrected chi connectivity index (χ1v) is 7.76. The third kappa shape index (κ3) is 4.12. The lowest BCUT2D eigenvalue weighted by Crippen LogP contribution is -2.30. The highest BCUT2D eigenvalue weighted by atomic mass is 32.2. The van der Waals surface area contributed by atoms with Gasteiger partial charge >= 0.3 is 0 Å². The molecule has 0 radical (unpaired) electrons. The Labute approximate surface area is 102 Å². The summed E-state index contributed by atoms with van der Waals surface area (Å²) in [5.41, 5.74) is 0. The molecule has 6 heteroatoms. The highest BCUT2D eigenvalue weighted by Gasteiger charge is 2.21. The molecular weight excluding hydrogens is 238 g/mol. The Kier molecular flexibility index (Phi) is 4.17. The van der Waals surface area contributed by atoms with Crippen molar-refractivity contribution in [1.82, 2.24) is 14.7 Å². The van der Waals surface area contributed by atoms with Crippen molar-refractivity contribution in [2.45, 2.75) is 38.6 Å². The quantitative estimate of drug-likeness (QED) is 0.837. The Morgan fingerprint density at radius 3 is 2.76 bits per heavy atom. The summed E-state index contributed by atoms with van der Waals surface area (Å²) in [6.45, 7) is 0.252. The van der Waals surface area contributed by atoms with Crippen LogP contribution < -0.4 is 4.72 Å². The molecule has 0 aromatic carbocycles. The van der Waals surface area contributed by atoms with E-state index >= 15 is 0 Å². The average molecular weight is 257 g/mol. The van der Waals surface area contributed by atoms with Crippen LogP contribution in [0.1, 0.15) is 37.9 Å². The summed E-state index contributed by atoms with van der Waals surface area (Å²) in [6.07, 6.45) is 8.96. The van der Waals surface area contributed by atoms with Gasteiger partial charge in [-0.2, -0.15) is 0 Å². The second-order valence-corrected chi connectivity index (χ2v) is 6.49. The van der Waals surface area contributed by atoms with Gasteiger partial charge in [0.05, 0.1) is 12.3 Å². The minimum absolute atomic E-state index is 0.252. The van der Waals surface area contributed by atoms with Crippen LogP contribution in [0.5, 0.6) is 0 Å². The van der Waals surface area contributed by atoms with Crippen LogP contribution in [0, 0.1) is 5.92 Å². The molecule has 2 N–H and O–H groups in total. The third-order valence-electron chi connectivity index (χ3n) is 3.19. The third-order valence-corrected chi connectivity index (χ3v) is 4.69. The lowest BCUT2D eigenvalue weighted by Gasteiger charge is -2.21. The number of nitrogens with zero attached hydrogens (tertiary/aromatic N) is 1. The number of nitrogens with one attached hydrogen (secondary N) is 2. The fraction of sp³-hybridized carbons (Fsp3) is 0.727. The Balaban J connectivity index is 1.81. The Bertz CT molecular complexity index is 422. The SMILES string of the molecule is O=S(=O)(CC1CCCCC1)NCc1ncc[nH]1. The van der Waals surface area contributed by atoms with Crippen molar-refractivity contribution in [2.24, 2.45) is 5.92 Å². The Morgan fingerprint density at radius 2 is 2.12 bits per heavy atom. The summed E-state index contributed by atoms with van der Waals surface area (Å²) in [5.74, 6) is 1.24. The van der Waals surface area contributed by atoms with Crippen LogP contribution in [0.3, 0.4) is 0 Å². The van der Waals surface area contributed by atoms with E-state index in [4.69, 9.17) is 0 Å². The van der Waals surface area contributed by atoms with Crippen LogP contribution in [-0.2, 0) is 16.6 Å². The maximum Gasteiger partial charge on any atom is 0.212 e. The van der Waals surface area contributed by atoms with Crippen molar-refractivity contribution in [3.8, 4) is 0 Å². The second-order valence-electron chi connectivity index (χ2n) is 4.64. The van der Waals surface area contributed by atoms with E-state index in [-0.39, 0.29) is 12.3 Å². The first-order valence-electron chi connectivity index (χ1n) is 6.11. The number of H-pyrrole nitrogens is 1. The predicted octanol–water partition coefficient (Wildman–Crippen LogP) is 1.41. The van der Waals surface area contributed by atoms with Crippen molar-refractivity contribution in [3.63, 3.8) is 0 Å². The Morgan fingerprint density at radius 1 is 1.35 bits per heavy atom. The normalized spacial score (nSPS) is 18.4. The number of imidazole rings is 1. The molecule has 0 spiro atoms. The summed E-state index contributed by atoms with van der Waals surface area (Å²) in [7, 11) is -3.17. The van der Waals surface area contributed by atoms with E-state index in [0.717, 1.165) is 12.8 Å². The molecule has 17 heavy (non-hydrogen) atoms. The average Bonchev–Trinajstić information content (AvgIpc) is 2.80. The van der Waals surface area contributed by atoms with Crippen LogP contribution in [-0.4, -0.2) is 24.1 Å². The smallest absolute Gasteiger partial charge is 0.212 e. The molecule has 0 aliphatic heterocycles. The van der Waals surface area contributed by atoms with E-state index in [2.05, 4.69) is 14.7 Å². The van der Waals surface area contributed by atoms with Crippen LogP contribution in [0.25, 0.3) is 0 Å². The molecule has 0 saturated heterocycles. The molecule has 1 fully saturated rings. The molecule has 96 valence electrons. The molecule has 1 aromatic rings. The lowest BCUT2D eigenvalue weighted by molar-refractivity contribution is 0.384. The minimum Gasteiger partial charge on any atom is -0.347 e. The number of aromatic nitrogens is 2. The van der Waals surface area contributed by atoms with E-state index in [1.54, 1.807) is 12.4 Å². The van der Waals surface area contributed by atoms with Gasteiger partial charge in [0.2, 0.25) is 10.0 Å². The zero-order valence-electron chi connectivity index (χ0n) is 9.85. The fourth-order valence-electron chi connectivity index (χ4n) is 2.30. The van der Waals surface area contributed by atoms with E-state index in [9.17, 15) is 8.42 Å². The van der Waals surface area contributed by atoms with Gasteiger partial charge in [0.15, 0.2) is 0 Å². The maximum absolute atomic E-state index is 11.8. The summed E-state index contributed by atoms with van der Waals surface area (Å²) in [6, 6.07) is 0. The molecule has 0 amide bonds. The standard InChI is InChI=1S/C11H19N3O2S/c15-17(16,9-10-4-2-1-3-5-10)14-8-11-12-6-7-13-11/h6-7,10,14H,1-5,8-9H2,(H,12,13). The van der Waals surface area contributed by atoms with Gasteiger partial charge in [0.1, 0.15) is 5.82 Å². The molecular formula is C11H19N3O2S. The van der Waals surface area contributed by atoms with Gasteiger partial charge in [-0.1, -0.05) is 19.3 Å². The summed E-state index contributed by atoms with van der Waals surface area (Å²) in [5, 5.41) is 0. The largest absolute Gasteiger partial charge is 0.347 e. The minimum atomic E-state index is -3.17. The molecule has 0 atom stereocenters. The summed E-state index contributed by atoms with van der Waals surface area (Å²) in [4.78, 5) is 6.86. The van der Waals surface area contributed by atoms with E-state index in [1.807, 2.05) is 0 Å². The van der Waals surface area contributed by atoms with Crippen molar-refractivity contribution < 1.29 is 8.42 Å². The van der Waals surface area contributed by atoms with Gasteiger partial charge in [0, 0.05) is 12.4 Å². The molecule has 1 aliphatic rings. The second kappa shape index (κ2) is 5.64. The van der Waals surface area contributed by atoms with Crippen molar-refractivity contribution in [1.29, 1.82) is 0 Å². The van der Waals surface area contributed by atoms with Crippen LogP contribution >= 0.6 is 0 Å². The monoisotopic (exact) mass is 257 g/mol. The molecule has 5 nitrogen and oxygen atoms in total. The number of hydrogen-bond donors (Lipinski definition) is 2. The van der Waals surface area contributed by atoms with Crippen molar-refractivity contribution in [3.05, 3.63) is 18.2 Å². The van der Waals surface area contributed by atoms with Crippen molar-refractivity contribution >= 4 is 10.0 Å². The first-order chi connectivity index (χ1) is 8.16. The highest BCUT2D eigenvalue weighted by Crippen LogP contribution is 2.24. The fourth-order valence-corrected chi connectivity index (χ4v) is 3.72. The summed E-state index contributed by atoms with van der Waals surface area (Å²) < 4.78 is 26.3. The Hall–Kier alpha value is -0.880. The van der Waals surface area contributed by atoms with E-state index in [1.165, 1.54) is 19.3 Å². The topological polar surface area (TPSA) is 74.8 Å². The molecule has 1 saturated carbocycles. The first kappa shape index (κ1) is 12.6. The number of hydrogen-bond acceptors (Lipinski definition) is 3. The molecule has 1 aromatic heterocycles. The van der Waals surface area contributed by atoms with Gasteiger partial charge in [-0.15, -0.1) is 0 Å². The van der Waals surface area contributed by atoms with Crippen LogP contribution in [0.2, 0.25) is 0 Å². The zero-order chi connectivity index (χ0) is 12.1. The van der Waals surface area contributed by atoms with Crippen LogP contribution in [0.15, 0.2) is 12.4 Å². The highest BCUT2D eigenvalue weighted by molar-refractivity contribution is 7.89.